The number of nitrogens with two attached hydrogens (primary N) is 1. The summed E-state index contributed by atoms with van der Waals surface area (Å²) >= 11 is 0. The highest BCUT2D eigenvalue weighted by atomic mass is 16.5. The molecule has 0 bridgehead atoms. The van der Waals surface area contributed by atoms with Gasteiger partial charge in [-0.1, -0.05) is 0 Å². The molecule has 0 aromatic heterocycles. The van der Waals surface area contributed by atoms with Crippen LogP contribution in [0.3, 0.4) is 0 Å². The Kier molecular flexibility index (Phi) is 5.53. The highest BCUT2D eigenvalue weighted by Gasteiger charge is 2.34. The predicted octanol–water partition coefficient (Wildman–Crippen LogP) is 0.0529. The molecular weight excluding hydrogens is 192 g/mol. The van der Waals surface area contributed by atoms with Crippen molar-refractivity contribution in [1.82, 2.24) is 4.90 Å². The number of hydrogen-bond donors (Lipinski definition) is 2. The molecule has 1 rings (SSSR count). The van der Waals surface area contributed by atoms with Gasteiger partial charge in [-0.05, 0) is 25.7 Å². The normalized spacial score (nSPS) is 20.6. The van der Waals surface area contributed by atoms with Gasteiger partial charge in [0.15, 0.2) is 0 Å². The quantitative estimate of drug-likeness (QED) is 0.602. The molecule has 3 N–H and O–H groups in total. The van der Waals surface area contributed by atoms with Gasteiger partial charge in [-0.2, -0.15) is 0 Å². The SMILES string of the molecule is COCCN(C(CN)CO)C(C)C1CC1. The number of aliphatic hydroxyl groups is 1. The number of rotatable bonds is 8. The second kappa shape index (κ2) is 6.43. The Balaban J connectivity index is 2.49. The van der Waals surface area contributed by atoms with E-state index in [1.807, 2.05) is 0 Å². The van der Waals surface area contributed by atoms with Crippen LogP contribution in [-0.4, -0.2) is 55.5 Å². The molecule has 1 saturated carbocycles. The van der Waals surface area contributed by atoms with E-state index in [9.17, 15) is 5.11 Å². The van der Waals surface area contributed by atoms with Gasteiger partial charge in [-0.3, -0.25) is 4.90 Å². The zero-order valence-electron chi connectivity index (χ0n) is 9.85. The zero-order chi connectivity index (χ0) is 11.3. The molecule has 0 amide bonds. The molecule has 2 unspecified atom stereocenters. The largest absolute Gasteiger partial charge is 0.395 e. The van der Waals surface area contributed by atoms with Crippen LogP contribution in [0.4, 0.5) is 0 Å². The lowest BCUT2D eigenvalue weighted by atomic mass is 10.1. The predicted molar refractivity (Wildman–Crippen MR) is 60.7 cm³/mol. The van der Waals surface area contributed by atoms with Gasteiger partial charge in [0, 0.05) is 32.3 Å². The summed E-state index contributed by atoms with van der Waals surface area (Å²) in [5.41, 5.74) is 5.67. The molecular formula is C11H24N2O2. The first kappa shape index (κ1) is 12.9. The number of methoxy groups -OCH3 is 1. The average Bonchev–Trinajstić information content (AvgIpc) is 3.07. The van der Waals surface area contributed by atoms with Crippen LogP contribution in [0.1, 0.15) is 19.8 Å². The van der Waals surface area contributed by atoms with Crippen molar-refractivity contribution in [3.8, 4) is 0 Å². The molecule has 0 aromatic rings. The molecule has 0 spiro atoms. The maximum atomic E-state index is 9.28. The summed E-state index contributed by atoms with van der Waals surface area (Å²) in [6.45, 7) is 4.43. The molecule has 4 nitrogen and oxygen atoms in total. The first-order chi connectivity index (χ1) is 7.24. The van der Waals surface area contributed by atoms with Crippen LogP contribution >= 0.6 is 0 Å². The molecule has 2 atom stereocenters. The second-order valence-corrected chi connectivity index (χ2v) is 4.38. The minimum absolute atomic E-state index is 0.0794. The van der Waals surface area contributed by atoms with E-state index in [0.717, 1.165) is 12.5 Å². The van der Waals surface area contributed by atoms with Crippen molar-refractivity contribution in [2.45, 2.75) is 31.8 Å². The standard InChI is InChI=1S/C11H24N2O2/c1-9(10-3-4-10)13(5-6-15-2)11(7-12)8-14/h9-11,14H,3-8,12H2,1-2H3. The van der Waals surface area contributed by atoms with Crippen LogP contribution in [0.25, 0.3) is 0 Å². The molecule has 0 saturated heterocycles. The Hall–Kier alpha value is -0.160. The van der Waals surface area contributed by atoms with Crippen molar-refractivity contribution in [3.05, 3.63) is 0 Å². The van der Waals surface area contributed by atoms with Gasteiger partial charge in [0.2, 0.25) is 0 Å². The van der Waals surface area contributed by atoms with E-state index in [1.165, 1.54) is 12.8 Å². The molecule has 0 aromatic carbocycles. The molecule has 1 aliphatic rings. The van der Waals surface area contributed by atoms with Crippen LogP contribution in [0.2, 0.25) is 0 Å². The minimum Gasteiger partial charge on any atom is -0.395 e. The first-order valence-corrected chi connectivity index (χ1v) is 5.80. The van der Waals surface area contributed by atoms with E-state index in [-0.39, 0.29) is 12.6 Å². The molecule has 90 valence electrons. The highest BCUT2D eigenvalue weighted by molar-refractivity contribution is 4.88. The molecule has 0 heterocycles. The van der Waals surface area contributed by atoms with E-state index < -0.39 is 0 Å². The lowest BCUT2D eigenvalue weighted by Gasteiger charge is -2.35. The third-order valence-electron chi connectivity index (χ3n) is 3.33. The summed E-state index contributed by atoms with van der Waals surface area (Å²) in [4.78, 5) is 2.29. The first-order valence-electron chi connectivity index (χ1n) is 5.80. The van der Waals surface area contributed by atoms with E-state index in [2.05, 4.69) is 11.8 Å². The Labute approximate surface area is 92.4 Å². The van der Waals surface area contributed by atoms with Crippen molar-refractivity contribution in [2.24, 2.45) is 11.7 Å². The summed E-state index contributed by atoms with van der Waals surface area (Å²) < 4.78 is 5.10. The number of aliphatic hydroxyl groups excluding tert-OH is 1. The molecule has 1 aliphatic carbocycles. The summed E-state index contributed by atoms with van der Waals surface area (Å²) in [5.74, 6) is 0.794. The van der Waals surface area contributed by atoms with Crippen LogP contribution in [-0.2, 0) is 4.74 Å². The molecule has 1 fully saturated rings. The van der Waals surface area contributed by atoms with E-state index in [1.54, 1.807) is 7.11 Å². The summed E-state index contributed by atoms with van der Waals surface area (Å²) in [7, 11) is 1.70. The molecule has 15 heavy (non-hydrogen) atoms. The van der Waals surface area contributed by atoms with Crippen LogP contribution in [0.5, 0.6) is 0 Å². The van der Waals surface area contributed by atoms with Gasteiger partial charge < -0.3 is 15.6 Å². The Morgan fingerprint density at radius 3 is 2.60 bits per heavy atom. The molecule has 0 radical (unpaired) electrons. The Morgan fingerprint density at radius 1 is 1.53 bits per heavy atom. The summed E-state index contributed by atoms with van der Waals surface area (Å²) in [6, 6.07) is 0.594. The lowest BCUT2D eigenvalue weighted by molar-refractivity contribution is 0.0559. The summed E-state index contributed by atoms with van der Waals surface area (Å²) in [5, 5.41) is 9.28. The highest BCUT2D eigenvalue weighted by Crippen LogP contribution is 2.35. The number of hydrogen-bond acceptors (Lipinski definition) is 4. The fraction of sp³-hybridized carbons (Fsp3) is 1.00. The van der Waals surface area contributed by atoms with E-state index in [0.29, 0.717) is 19.2 Å². The molecule has 4 heteroatoms. The van der Waals surface area contributed by atoms with Crippen molar-refractivity contribution < 1.29 is 9.84 Å². The fourth-order valence-corrected chi connectivity index (χ4v) is 2.08. The van der Waals surface area contributed by atoms with Crippen molar-refractivity contribution >= 4 is 0 Å². The Morgan fingerprint density at radius 2 is 2.20 bits per heavy atom. The van der Waals surface area contributed by atoms with Crippen LogP contribution in [0.15, 0.2) is 0 Å². The van der Waals surface area contributed by atoms with Crippen molar-refractivity contribution in [1.29, 1.82) is 0 Å². The lowest BCUT2D eigenvalue weighted by Crippen LogP contribution is -2.49. The molecule has 0 aliphatic heterocycles. The number of ether oxygens (including phenoxy) is 1. The third-order valence-corrected chi connectivity index (χ3v) is 3.33. The van der Waals surface area contributed by atoms with Crippen molar-refractivity contribution in [2.75, 3.05) is 33.4 Å². The van der Waals surface area contributed by atoms with E-state index >= 15 is 0 Å². The van der Waals surface area contributed by atoms with Crippen LogP contribution in [0, 0.1) is 5.92 Å². The summed E-state index contributed by atoms with van der Waals surface area (Å²) in [6.07, 6.45) is 2.63. The van der Waals surface area contributed by atoms with Gasteiger partial charge in [0.25, 0.3) is 0 Å². The maximum absolute atomic E-state index is 9.28. The maximum Gasteiger partial charge on any atom is 0.0599 e. The zero-order valence-corrected chi connectivity index (χ0v) is 9.85. The van der Waals surface area contributed by atoms with E-state index in [4.69, 9.17) is 10.5 Å². The monoisotopic (exact) mass is 216 g/mol. The van der Waals surface area contributed by atoms with Gasteiger partial charge in [-0.15, -0.1) is 0 Å². The average molecular weight is 216 g/mol. The minimum atomic E-state index is 0.0794. The fourth-order valence-electron chi connectivity index (χ4n) is 2.08. The van der Waals surface area contributed by atoms with Gasteiger partial charge in [0.05, 0.1) is 13.2 Å². The van der Waals surface area contributed by atoms with Crippen LogP contribution < -0.4 is 5.73 Å². The van der Waals surface area contributed by atoms with Gasteiger partial charge in [-0.25, -0.2) is 0 Å². The van der Waals surface area contributed by atoms with Gasteiger partial charge in [0.1, 0.15) is 0 Å². The van der Waals surface area contributed by atoms with Crippen molar-refractivity contribution in [3.63, 3.8) is 0 Å². The number of nitrogens with zero attached hydrogens (tertiary/aromatic N) is 1. The topological polar surface area (TPSA) is 58.7 Å². The second-order valence-electron chi connectivity index (χ2n) is 4.38. The Bertz CT molecular complexity index is 168. The van der Waals surface area contributed by atoms with Gasteiger partial charge >= 0.3 is 0 Å². The third kappa shape index (κ3) is 3.72. The smallest absolute Gasteiger partial charge is 0.0599 e.